The highest BCUT2D eigenvalue weighted by atomic mass is 32.2. The molecule has 5 heteroatoms. The molecule has 0 spiro atoms. The summed E-state index contributed by atoms with van der Waals surface area (Å²) in [6, 6.07) is 0. The summed E-state index contributed by atoms with van der Waals surface area (Å²) < 4.78 is 5.30. The number of piperidine rings is 1. The number of rotatable bonds is 3. The minimum absolute atomic E-state index is 0.866. The van der Waals surface area contributed by atoms with Crippen LogP contribution < -0.4 is 5.32 Å². The Balaban J connectivity index is 1.76. The fourth-order valence-electron chi connectivity index (χ4n) is 1.57. The van der Waals surface area contributed by atoms with Crippen molar-refractivity contribution < 1.29 is 0 Å². The Morgan fingerprint density at radius 3 is 2.93 bits per heavy atom. The Hall–Kier alpha value is -0.130. The van der Waals surface area contributed by atoms with Gasteiger partial charge in [0.1, 0.15) is 5.82 Å². The average molecular weight is 229 g/mol. The number of thioether (sulfide) groups is 1. The number of hydrogen-bond donors (Lipinski definition) is 1. The van der Waals surface area contributed by atoms with Crippen LogP contribution in [0.2, 0.25) is 0 Å². The van der Waals surface area contributed by atoms with E-state index in [1.54, 1.807) is 0 Å². The van der Waals surface area contributed by atoms with Crippen LogP contribution in [0.15, 0.2) is 4.34 Å². The lowest BCUT2D eigenvalue weighted by Gasteiger charge is -2.21. The summed E-state index contributed by atoms with van der Waals surface area (Å²) >= 11 is 3.39. The van der Waals surface area contributed by atoms with E-state index in [4.69, 9.17) is 0 Å². The average Bonchev–Trinajstić information content (AvgIpc) is 2.63. The van der Waals surface area contributed by atoms with Crippen LogP contribution in [-0.2, 0) is 0 Å². The molecule has 0 aromatic carbocycles. The van der Waals surface area contributed by atoms with Crippen molar-refractivity contribution >= 4 is 23.3 Å². The third-order valence-electron chi connectivity index (χ3n) is 2.41. The van der Waals surface area contributed by atoms with Crippen molar-refractivity contribution in [2.75, 3.05) is 18.8 Å². The maximum absolute atomic E-state index is 4.35. The molecule has 0 unspecified atom stereocenters. The Kier molecular flexibility index (Phi) is 3.78. The molecule has 0 bridgehead atoms. The first-order chi connectivity index (χ1) is 6.84. The topological polar surface area (TPSA) is 37.8 Å². The summed E-state index contributed by atoms with van der Waals surface area (Å²) in [5.41, 5.74) is 0. The zero-order chi connectivity index (χ0) is 9.80. The fraction of sp³-hybridized carbons (Fsp3) is 0.778. The van der Waals surface area contributed by atoms with Gasteiger partial charge in [-0.05, 0) is 50.3 Å². The van der Waals surface area contributed by atoms with E-state index in [9.17, 15) is 0 Å². The molecule has 78 valence electrons. The van der Waals surface area contributed by atoms with Crippen molar-refractivity contribution in [1.29, 1.82) is 0 Å². The predicted molar refractivity (Wildman–Crippen MR) is 61.0 cm³/mol. The van der Waals surface area contributed by atoms with Crippen molar-refractivity contribution in [3.8, 4) is 0 Å². The molecule has 0 amide bonds. The van der Waals surface area contributed by atoms with Gasteiger partial charge in [-0.15, -0.1) is 0 Å². The molecule has 1 fully saturated rings. The molecule has 0 aliphatic carbocycles. The van der Waals surface area contributed by atoms with Crippen LogP contribution in [0.1, 0.15) is 18.7 Å². The maximum atomic E-state index is 4.35. The van der Waals surface area contributed by atoms with E-state index < -0.39 is 0 Å². The van der Waals surface area contributed by atoms with Gasteiger partial charge in [-0.2, -0.15) is 4.37 Å². The summed E-state index contributed by atoms with van der Waals surface area (Å²) in [4.78, 5) is 4.35. The molecule has 1 aromatic heterocycles. The lowest BCUT2D eigenvalue weighted by Crippen LogP contribution is -2.28. The molecule has 1 aromatic rings. The zero-order valence-electron chi connectivity index (χ0n) is 8.32. The van der Waals surface area contributed by atoms with Gasteiger partial charge in [0.25, 0.3) is 0 Å². The van der Waals surface area contributed by atoms with Crippen LogP contribution in [0.5, 0.6) is 0 Å². The van der Waals surface area contributed by atoms with Crippen LogP contribution in [0.25, 0.3) is 0 Å². The molecule has 0 atom stereocenters. The minimum Gasteiger partial charge on any atom is -0.317 e. The van der Waals surface area contributed by atoms with Crippen LogP contribution in [0.3, 0.4) is 0 Å². The molecule has 2 heterocycles. The largest absolute Gasteiger partial charge is 0.317 e. The van der Waals surface area contributed by atoms with Gasteiger partial charge >= 0.3 is 0 Å². The number of nitrogens with one attached hydrogen (secondary N) is 1. The number of aromatic nitrogens is 2. The van der Waals surface area contributed by atoms with Gasteiger partial charge in [0.15, 0.2) is 4.34 Å². The quantitative estimate of drug-likeness (QED) is 0.804. The maximum Gasteiger partial charge on any atom is 0.170 e. The highest BCUT2D eigenvalue weighted by molar-refractivity contribution is 8.00. The predicted octanol–water partition coefficient (Wildman–Crippen LogP) is 1.94. The monoisotopic (exact) mass is 229 g/mol. The summed E-state index contributed by atoms with van der Waals surface area (Å²) in [5, 5.41) is 3.38. The first kappa shape index (κ1) is 10.4. The molecule has 1 N–H and O–H groups in total. The van der Waals surface area contributed by atoms with Gasteiger partial charge in [-0.1, -0.05) is 11.8 Å². The Bertz CT molecular complexity index is 281. The van der Waals surface area contributed by atoms with Gasteiger partial charge in [0.2, 0.25) is 0 Å². The second kappa shape index (κ2) is 5.09. The van der Waals surface area contributed by atoms with Crippen LogP contribution in [-0.4, -0.2) is 28.2 Å². The molecule has 14 heavy (non-hydrogen) atoms. The van der Waals surface area contributed by atoms with E-state index in [1.165, 1.54) is 43.2 Å². The summed E-state index contributed by atoms with van der Waals surface area (Å²) in [6.45, 7) is 4.31. The Morgan fingerprint density at radius 1 is 1.50 bits per heavy atom. The van der Waals surface area contributed by atoms with Crippen molar-refractivity contribution in [3.05, 3.63) is 5.82 Å². The van der Waals surface area contributed by atoms with Gasteiger partial charge in [-0.25, -0.2) is 4.98 Å². The van der Waals surface area contributed by atoms with Gasteiger partial charge in [0.05, 0.1) is 0 Å². The normalized spacial score (nSPS) is 18.6. The molecular formula is C9H15N3S2. The number of hydrogen-bond acceptors (Lipinski definition) is 5. The highest BCUT2D eigenvalue weighted by Gasteiger charge is 2.13. The van der Waals surface area contributed by atoms with Gasteiger partial charge < -0.3 is 5.32 Å². The van der Waals surface area contributed by atoms with E-state index in [0.717, 1.165) is 16.1 Å². The number of nitrogens with zero attached hydrogens (tertiary/aromatic N) is 2. The van der Waals surface area contributed by atoms with Gasteiger partial charge in [-0.3, -0.25) is 0 Å². The lowest BCUT2D eigenvalue weighted by atomic mass is 10.0. The molecule has 2 rings (SSSR count). The van der Waals surface area contributed by atoms with Crippen molar-refractivity contribution in [2.24, 2.45) is 5.92 Å². The van der Waals surface area contributed by atoms with Gasteiger partial charge in [0, 0.05) is 5.75 Å². The molecule has 1 saturated heterocycles. The molecule has 1 aliphatic heterocycles. The van der Waals surface area contributed by atoms with Crippen molar-refractivity contribution in [1.82, 2.24) is 14.7 Å². The molecule has 0 radical (unpaired) electrons. The van der Waals surface area contributed by atoms with Crippen LogP contribution >= 0.6 is 23.3 Å². The van der Waals surface area contributed by atoms with E-state index >= 15 is 0 Å². The third-order valence-corrected chi connectivity index (χ3v) is 4.57. The minimum atomic E-state index is 0.866. The first-order valence-corrected chi connectivity index (χ1v) is 6.74. The molecule has 3 nitrogen and oxygen atoms in total. The van der Waals surface area contributed by atoms with Crippen molar-refractivity contribution in [2.45, 2.75) is 24.1 Å². The summed E-state index contributed by atoms with van der Waals surface area (Å²) in [7, 11) is 0. The second-order valence-electron chi connectivity index (χ2n) is 3.61. The second-order valence-corrected chi connectivity index (χ2v) is 5.63. The smallest absolute Gasteiger partial charge is 0.170 e. The first-order valence-electron chi connectivity index (χ1n) is 4.98. The van der Waals surface area contributed by atoms with E-state index in [-0.39, 0.29) is 0 Å². The van der Waals surface area contributed by atoms with E-state index in [2.05, 4.69) is 14.7 Å². The Morgan fingerprint density at radius 2 is 2.29 bits per heavy atom. The summed E-state index contributed by atoms with van der Waals surface area (Å²) in [5.74, 6) is 2.98. The standard InChI is InChI=1S/C9H15N3S2/c1-7-11-9(14-12-7)13-6-8-2-4-10-5-3-8/h8,10H,2-6H2,1H3. The summed E-state index contributed by atoms with van der Waals surface area (Å²) in [6.07, 6.45) is 2.62. The zero-order valence-corrected chi connectivity index (χ0v) is 9.96. The molecule has 0 saturated carbocycles. The van der Waals surface area contributed by atoms with Crippen LogP contribution in [0.4, 0.5) is 0 Å². The number of aryl methyl sites for hydroxylation is 1. The highest BCUT2D eigenvalue weighted by Crippen LogP contribution is 2.25. The van der Waals surface area contributed by atoms with E-state index in [1.807, 2.05) is 18.7 Å². The SMILES string of the molecule is Cc1nsc(SCC2CCNCC2)n1. The third kappa shape index (κ3) is 2.93. The van der Waals surface area contributed by atoms with E-state index in [0.29, 0.717) is 0 Å². The Labute approximate surface area is 92.9 Å². The molecular weight excluding hydrogens is 214 g/mol. The van der Waals surface area contributed by atoms with Crippen LogP contribution in [0, 0.1) is 12.8 Å². The lowest BCUT2D eigenvalue weighted by molar-refractivity contribution is 0.408. The van der Waals surface area contributed by atoms with Crippen molar-refractivity contribution in [3.63, 3.8) is 0 Å². The molecule has 1 aliphatic rings. The fourth-order valence-corrected chi connectivity index (χ4v) is 3.43.